The van der Waals surface area contributed by atoms with E-state index in [0.29, 0.717) is 16.7 Å². The van der Waals surface area contributed by atoms with Gasteiger partial charge in [-0.05, 0) is 48.9 Å². The van der Waals surface area contributed by atoms with E-state index < -0.39 is 17.8 Å². The van der Waals surface area contributed by atoms with Gasteiger partial charge in [-0.1, -0.05) is 23.4 Å². The minimum atomic E-state index is -4.49. The van der Waals surface area contributed by atoms with Gasteiger partial charge in [0.15, 0.2) is 0 Å². The molecular weight excluding hydrogens is 411 g/mol. The molecule has 0 unspecified atom stereocenters. The van der Waals surface area contributed by atoms with Crippen molar-refractivity contribution in [1.29, 1.82) is 0 Å². The van der Waals surface area contributed by atoms with Crippen LogP contribution in [0.25, 0.3) is 22.2 Å². The third-order valence-electron chi connectivity index (χ3n) is 4.51. The minimum absolute atomic E-state index is 0.0292. The van der Waals surface area contributed by atoms with Crippen molar-refractivity contribution in [2.45, 2.75) is 13.1 Å². The maximum absolute atomic E-state index is 12.8. The first-order chi connectivity index (χ1) is 14.7. The molecule has 7 nitrogen and oxygen atoms in total. The Hall–Kier alpha value is -4.08. The predicted molar refractivity (Wildman–Crippen MR) is 110 cm³/mol. The summed E-state index contributed by atoms with van der Waals surface area (Å²) in [6.07, 6.45) is -4.49. The van der Waals surface area contributed by atoms with E-state index in [-0.39, 0.29) is 11.6 Å². The third-order valence-corrected chi connectivity index (χ3v) is 4.51. The number of urea groups is 1. The van der Waals surface area contributed by atoms with Gasteiger partial charge in [0.25, 0.3) is 0 Å². The monoisotopic (exact) mass is 427 g/mol. The number of nitrogens with two attached hydrogens (primary N) is 1. The Balaban J connectivity index is 1.51. The number of hydrogen-bond acceptors (Lipinski definition) is 5. The van der Waals surface area contributed by atoms with Crippen molar-refractivity contribution < 1.29 is 22.5 Å². The topological polar surface area (TPSA) is 106 Å². The molecule has 0 aliphatic carbocycles. The second-order valence-electron chi connectivity index (χ2n) is 6.79. The van der Waals surface area contributed by atoms with Gasteiger partial charge in [0.1, 0.15) is 0 Å². The summed E-state index contributed by atoms with van der Waals surface area (Å²) in [6, 6.07) is 12.4. The van der Waals surface area contributed by atoms with Crippen LogP contribution in [-0.2, 0) is 6.18 Å². The summed E-state index contributed by atoms with van der Waals surface area (Å²) in [5.74, 6) is 0.153. The van der Waals surface area contributed by atoms with Gasteiger partial charge >= 0.3 is 12.2 Å². The Bertz CT molecular complexity index is 1270. The number of aryl methyl sites for hydroxylation is 1. The second kappa shape index (κ2) is 7.63. The van der Waals surface area contributed by atoms with Crippen LogP contribution < -0.4 is 16.4 Å². The molecule has 0 aliphatic rings. The third kappa shape index (κ3) is 4.27. The van der Waals surface area contributed by atoms with Crippen molar-refractivity contribution in [3.8, 4) is 11.1 Å². The van der Waals surface area contributed by atoms with Crippen LogP contribution in [0.15, 0.2) is 59.1 Å². The van der Waals surface area contributed by atoms with Crippen LogP contribution in [0.2, 0.25) is 0 Å². The molecule has 4 rings (SSSR count). The summed E-state index contributed by atoms with van der Waals surface area (Å²) in [7, 11) is 0. The number of benzene rings is 2. The number of nitrogens with zero attached hydrogens (tertiary/aromatic N) is 2. The van der Waals surface area contributed by atoms with E-state index in [2.05, 4.69) is 20.8 Å². The van der Waals surface area contributed by atoms with Crippen molar-refractivity contribution >= 4 is 34.3 Å². The molecule has 2 aromatic carbocycles. The molecule has 2 amide bonds. The highest BCUT2D eigenvalue weighted by molar-refractivity contribution is 6.01. The largest absolute Gasteiger partial charge is 0.416 e. The van der Waals surface area contributed by atoms with Crippen LogP contribution in [0.5, 0.6) is 0 Å². The Labute approximate surface area is 174 Å². The molecule has 0 saturated carbocycles. The molecule has 158 valence electrons. The standard InChI is InChI=1S/C21H16F3N5O2/c1-11-9-16(17-18(25)31-29-19(17)26-11)12-5-7-14(8-6-12)27-20(30)28-15-4-2-3-13(10-15)21(22,23)24/h2-10H,25H2,1H3,(H2,27,28,30). The molecule has 31 heavy (non-hydrogen) atoms. The van der Waals surface area contributed by atoms with Gasteiger partial charge in [0.05, 0.1) is 10.9 Å². The lowest BCUT2D eigenvalue weighted by molar-refractivity contribution is -0.137. The average molecular weight is 427 g/mol. The van der Waals surface area contributed by atoms with E-state index in [9.17, 15) is 18.0 Å². The van der Waals surface area contributed by atoms with Crippen LogP contribution in [0.1, 0.15) is 11.3 Å². The highest BCUT2D eigenvalue weighted by atomic mass is 19.4. The van der Waals surface area contributed by atoms with Gasteiger partial charge < -0.3 is 20.9 Å². The number of anilines is 3. The first kappa shape index (κ1) is 20.2. The number of rotatable bonds is 3. The Morgan fingerprint density at radius 1 is 1.03 bits per heavy atom. The van der Waals surface area contributed by atoms with Crippen LogP contribution in [0.3, 0.4) is 0 Å². The number of fused-ring (bicyclic) bond motifs is 1. The molecule has 0 saturated heterocycles. The number of nitrogens with one attached hydrogen (secondary N) is 2. The fourth-order valence-corrected chi connectivity index (χ4v) is 3.13. The zero-order valence-electron chi connectivity index (χ0n) is 16.1. The lowest BCUT2D eigenvalue weighted by Gasteiger charge is -2.11. The van der Waals surface area contributed by atoms with E-state index in [1.165, 1.54) is 12.1 Å². The van der Waals surface area contributed by atoms with Crippen molar-refractivity contribution in [2.24, 2.45) is 0 Å². The summed E-state index contributed by atoms with van der Waals surface area (Å²) in [4.78, 5) is 16.5. The van der Waals surface area contributed by atoms with Crippen molar-refractivity contribution in [3.05, 3.63) is 65.9 Å². The van der Waals surface area contributed by atoms with Crippen molar-refractivity contribution in [1.82, 2.24) is 10.1 Å². The molecule has 0 aliphatic heterocycles. The van der Waals surface area contributed by atoms with Gasteiger partial charge in [-0.25, -0.2) is 9.78 Å². The fourth-order valence-electron chi connectivity index (χ4n) is 3.13. The lowest BCUT2D eigenvalue weighted by Crippen LogP contribution is -2.19. The Morgan fingerprint density at radius 3 is 2.45 bits per heavy atom. The summed E-state index contributed by atoms with van der Waals surface area (Å²) in [6.45, 7) is 1.82. The SMILES string of the molecule is Cc1cc(-c2ccc(NC(=O)Nc3cccc(C(F)(F)F)c3)cc2)c2c(N)onc2n1. The zero-order chi connectivity index (χ0) is 22.2. The maximum atomic E-state index is 12.8. The number of pyridine rings is 1. The first-order valence-electron chi connectivity index (χ1n) is 9.09. The molecule has 4 aromatic rings. The zero-order valence-corrected chi connectivity index (χ0v) is 16.1. The van der Waals surface area contributed by atoms with E-state index >= 15 is 0 Å². The van der Waals surface area contributed by atoms with Gasteiger partial charge in [-0.3, -0.25) is 0 Å². The number of halogens is 3. The number of amides is 2. The molecular formula is C21H16F3N5O2. The van der Waals surface area contributed by atoms with Crippen molar-refractivity contribution in [3.63, 3.8) is 0 Å². The molecule has 2 aromatic heterocycles. The lowest BCUT2D eigenvalue weighted by atomic mass is 10.0. The molecule has 4 N–H and O–H groups in total. The Morgan fingerprint density at radius 2 is 1.74 bits per heavy atom. The quantitative estimate of drug-likeness (QED) is 0.404. The molecule has 2 heterocycles. The summed E-state index contributed by atoms with van der Waals surface area (Å²) >= 11 is 0. The summed E-state index contributed by atoms with van der Waals surface area (Å²) in [5.41, 5.74) is 8.21. The summed E-state index contributed by atoms with van der Waals surface area (Å²) < 4.78 is 43.4. The number of carbonyl (C=O) groups excluding carboxylic acids is 1. The highest BCUT2D eigenvalue weighted by Crippen LogP contribution is 2.33. The number of aromatic nitrogens is 2. The maximum Gasteiger partial charge on any atom is 0.416 e. The van der Waals surface area contributed by atoms with Crippen LogP contribution >= 0.6 is 0 Å². The number of nitrogen functional groups attached to an aromatic ring is 1. The number of alkyl halides is 3. The van der Waals surface area contributed by atoms with E-state index in [4.69, 9.17) is 10.3 Å². The number of carbonyl (C=O) groups is 1. The van der Waals surface area contributed by atoms with Gasteiger partial charge in [-0.15, -0.1) is 0 Å². The van der Waals surface area contributed by atoms with E-state index in [0.717, 1.165) is 29.0 Å². The van der Waals surface area contributed by atoms with Gasteiger partial charge in [0, 0.05) is 22.6 Å². The molecule has 0 fully saturated rings. The van der Waals surface area contributed by atoms with Crippen LogP contribution in [0, 0.1) is 6.92 Å². The minimum Gasteiger partial charge on any atom is -0.367 e. The number of hydrogen-bond donors (Lipinski definition) is 3. The normalized spacial score (nSPS) is 11.5. The van der Waals surface area contributed by atoms with Crippen LogP contribution in [-0.4, -0.2) is 16.2 Å². The van der Waals surface area contributed by atoms with Gasteiger partial charge in [0.2, 0.25) is 11.5 Å². The molecule has 0 spiro atoms. The fraction of sp³-hybridized carbons (Fsp3) is 0.0952. The molecule has 0 radical (unpaired) electrons. The molecule has 0 bridgehead atoms. The van der Waals surface area contributed by atoms with E-state index in [1.54, 1.807) is 24.3 Å². The smallest absolute Gasteiger partial charge is 0.367 e. The second-order valence-corrected chi connectivity index (χ2v) is 6.79. The van der Waals surface area contributed by atoms with Crippen LogP contribution in [0.4, 0.5) is 35.2 Å². The average Bonchev–Trinajstić information content (AvgIpc) is 3.08. The first-order valence-corrected chi connectivity index (χ1v) is 9.09. The Kier molecular flexibility index (Phi) is 4.97. The highest BCUT2D eigenvalue weighted by Gasteiger charge is 2.30. The predicted octanol–water partition coefficient (Wildman–Crippen LogP) is 5.44. The van der Waals surface area contributed by atoms with E-state index in [1.807, 2.05) is 13.0 Å². The molecule has 10 heteroatoms. The van der Waals surface area contributed by atoms with Crippen molar-refractivity contribution in [2.75, 3.05) is 16.4 Å². The molecule has 0 atom stereocenters. The summed E-state index contributed by atoms with van der Waals surface area (Å²) in [5, 5.41) is 9.40. The van der Waals surface area contributed by atoms with Gasteiger partial charge in [-0.2, -0.15) is 13.2 Å².